The van der Waals surface area contributed by atoms with E-state index < -0.39 is 5.91 Å². The normalized spacial score (nSPS) is 11.4. The third-order valence-electron chi connectivity index (χ3n) is 6.90. The molecule has 0 aliphatic heterocycles. The van der Waals surface area contributed by atoms with E-state index in [2.05, 4.69) is 60.7 Å². The fourth-order valence-electron chi connectivity index (χ4n) is 4.44. The van der Waals surface area contributed by atoms with Gasteiger partial charge in [-0.05, 0) is 60.0 Å². The molecule has 0 aliphatic carbocycles. The van der Waals surface area contributed by atoms with Crippen LogP contribution in [0, 0.1) is 6.92 Å². The first-order chi connectivity index (χ1) is 19.2. The second kappa shape index (κ2) is 11.6. The molecule has 0 radical (unpaired) electrons. The smallest absolute Gasteiger partial charge is 0.292 e. The summed E-state index contributed by atoms with van der Waals surface area (Å²) in [5.41, 5.74) is 4.06. The number of nitrogens with one attached hydrogen (secondary N) is 1. The average Bonchev–Trinajstić information content (AvgIpc) is 3.56. The minimum absolute atomic E-state index is 0.125. The molecule has 0 saturated carbocycles. The molecular weight excluding hydrogens is 545 g/mol. The molecule has 5 rings (SSSR count). The van der Waals surface area contributed by atoms with Gasteiger partial charge >= 0.3 is 0 Å². The summed E-state index contributed by atoms with van der Waals surface area (Å²) in [6.07, 6.45) is 0. The van der Waals surface area contributed by atoms with Gasteiger partial charge in [0, 0.05) is 27.2 Å². The Balaban J connectivity index is 1.17. The zero-order valence-corrected chi connectivity index (χ0v) is 24.0. The van der Waals surface area contributed by atoms with Gasteiger partial charge in [-0.25, -0.2) is 0 Å². The Hall–Kier alpha value is -4.00. The Morgan fingerprint density at radius 3 is 2.40 bits per heavy atom. The Morgan fingerprint density at radius 2 is 1.68 bits per heavy atom. The van der Waals surface area contributed by atoms with Gasteiger partial charge in [0.15, 0.2) is 11.6 Å². The number of hydrogen-bond donors (Lipinski definition) is 1. The Morgan fingerprint density at radius 1 is 0.950 bits per heavy atom. The number of furan rings is 1. The predicted molar refractivity (Wildman–Crippen MR) is 159 cm³/mol. The van der Waals surface area contributed by atoms with Crippen molar-refractivity contribution in [2.24, 2.45) is 0 Å². The maximum absolute atomic E-state index is 12.8. The maximum atomic E-state index is 12.8. The average molecular weight is 575 g/mol. The number of rotatable bonds is 9. The van der Waals surface area contributed by atoms with Gasteiger partial charge in [-0.1, -0.05) is 85.6 Å². The Labute approximate surface area is 243 Å². The van der Waals surface area contributed by atoms with Gasteiger partial charge in [-0.2, -0.15) is 5.10 Å². The maximum Gasteiger partial charge on any atom is 0.292 e. The number of aromatic nitrogens is 2. The van der Waals surface area contributed by atoms with Gasteiger partial charge < -0.3 is 14.5 Å². The third kappa shape index (κ3) is 6.24. The lowest BCUT2D eigenvalue weighted by Gasteiger charge is -2.26. The molecule has 0 fully saturated rings. The molecule has 0 spiro atoms. The van der Waals surface area contributed by atoms with E-state index in [1.54, 1.807) is 35.0 Å². The first-order valence-electron chi connectivity index (χ1n) is 12.9. The van der Waals surface area contributed by atoms with Gasteiger partial charge in [-0.15, -0.1) is 0 Å². The van der Waals surface area contributed by atoms with Crippen LogP contribution in [0.25, 0.3) is 0 Å². The second-order valence-electron chi connectivity index (χ2n) is 10.1. The number of benzene rings is 3. The number of aryl methyl sites for hydroxylation is 1. The second-order valence-corrected chi connectivity index (χ2v) is 10.9. The molecule has 3 aromatic carbocycles. The van der Waals surface area contributed by atoms with Crippen LogP contribution in [-0.4, -0.2) is 15.7 Å². The molecule has 2 aromatic heterocycles. The number of anilines is 1. The molecular formula is C32H29Cl2N3O3. The lowest BCUT2D eigenvalue weighted by molar-refractivity contribution is 0.0992. The van der Waals surface area contributed by atoms with Crippen LogP contribution in [0.1, 0.15) is 52.5 Å². The summed E-state index contributed by atoms with van der Waals surface area (Å²) >= 11 is 12.3. The Kier molecular flexibility index (Phi) is 8.01. The zero-order chi connectivity index (χ0) is 28.3. The summed E-state index contributed by atoms with van der Waals surface area (Å²) in [6.45, 7) is 6.96. The summed E-state index contributed by atoms with van der Waals surface area (Å²) in [7, 11) is 0. The van der Waals surface area contributed by atoms with Crippen LogP contribution in [0.4, 0.5) is 5.82 Å². The van der Waals surface area contributed by atoms with Gasteiger partial charge in [-0.3, -0.25) is 9.48 Å². The number of ether oxygens (including phenoxy) is 1. The number of hydrogen-bond acceptors (Lipinski definition) is 4. The monoisotopic (exact) mass is 573 g/mol. The molecule has 0 unspecified atom stereocenters. The minimum atomic E-state index is -0.395. The molecule has 5 aromatic rings. The molecule has 1 N–H and O–H groups in total. The topological polar surface area (TPSA) is 69.3 Å². The van der Waals surface area contributed by atoms with Crippen LogP contribution in [0.2, 0.25) is 10.0 Å². The lowest BCUT2D eigenvalue weighted by Crippen LogP contribution is -2.18. The number of halogens is 2. The van der Waals surface area contributed by atoms with Gasteiger partial charge in [0.1, 0.15) is 18.1 Å². The fraction of sp³-hybridized carbons (Fsp3) is 0.188. The van der Waals surface area contributed by atoms with E-state index >= 15 is 0 Å². The number of carbonyl (C=O) groups is 1. The molecule has 0 aliphatic rings. The standard InChI is InChI=1S/C32H29Cl2N3O3/c1-21-17-30(36-37(21)19-22-9-12-25(33)18-28(22)34)35-31(38)29-16-15-27(40-29)20-39-26-13-10-24(11-14-26)32(2,3)23-7-5-4-6-8-23/h4-18H,19-20H2,1-3H3,(H,35,36,38). The molecule has 6 nitrogen and oxygen atoms in total. The van der Waals surface area contributed by atoms with Crippen molar-refractivity contribution in [3.8, 4) is 5.75 Å². The number of carbonyl (C=O) groups excluding carboxylic acids is 1. The van der Waals surface area contributed by atoms with E-state index in [1.165, 1.54) is 11.1 Å². The third-order valence-corrected chi connectivity index (χ3v) is 7.48. The number of nitrogens with zero attached hydrogens (tertiary/aromatic N) is 2. The molecule has 2 heterocycles. The van der Waals surface area contributed by atoms with Crippen LogP contribution in [0.15, 0.2) is 95.4 Å². The van der Waals surface area contributed by atoms with Crippen molar-refractivity contribution in [2.75, 3.05) is 5.32 Å². The molecule has 204 valence electrons. The van der Waals surface area contributed by atoms with E-state index in [4.69, 9.17) is 32.4 Å². The SMILES string of the molecule is Cc1cc(NC(=O)c2ccc(COc3ccc(C(C)(C)c4ccccc4)cc3)o2)nn1Cc1ccc(Cl)cc1Cl. The van der Waals surface area contributed by atoms with Crippen LogP contribution >= 0.6 is 23.2 Å². The van der Waals surface area contributed by atoms with E-state index in [0.717, 1.165) is 17.0 Å². The van der Waals surface area contributed by atoms with Gasteiger partial charge in [0.05, 0.1) is 6.54 Å². The van der Waals surface area contributed by atoms with Crippen molar-refractivity contribution < 1.29 is 13.9 Å². The fourth-order valence-corrected chi connectivity index (χ4v) is 4.91. The van der Waals surface area contributed by atoms with Crippen molar-refractivity contribution in [3.05, 3.63) is 135 Å². The summed E-state index contributed by atoms with van der Waals surface area (Å²) in [5.74, 6) is 1.45. The highest BCUT2D eigenvalue weighted by Crippen LogP contribution is 2.32. The van der Waals surface area contributed by atoms with Crippen LogP contribution in [0.3, 0.4) is 0 Å². The van der Waals surface area contributed by atoms with Gasteiger partial charge in [0.2, 0.25) is 0 Å². The van der Waals surface area contributed by atoms with E-state index in [0.29, 0.717) is 28.2 Å². The highest BCUT2D eigenvalue weighted by atomic mass is 35.5. The van der Waals surface area contributed by atoms with Crippen LogP contribution in [-0.2, 0) is 18.6 Å². The summed E-state index contributed by atoms with van der Waals surface area (Å²) in [6, 6.07) is 28.9. The molecule has 8 heteroatoms. The molecule has 0 bridgehead atoms. The molecule has 0 atom stereocenters. The van der Waals surface area contributed by atoms with Crippen molar-refractivity contribution in [1.82, 2.24) is 9.78 Å². The van der Waals surface area contributed by atoms with Gasteiger partial charge in [0.25, 0.3) is 5.91 Å². The lowest BCUT2D eigenvalue weighted by atomic mass is 9.78. The molecule has 0 saturated heterocycles. The van der Waals surface area contributed by atoms with E-state index in [1.807, 2.05) is 31.2 Å². The van der Waals surface area contributed by atoms with E-state index in [-0.39, 0.29) is 17.8 Å². The van der Waals surface area contributed by atoms with Crippen molar-refractivity contribution in [2.45, 2.75) is 39.3 Å². The summed E-state index contributed by atoms with van der Waals surface area (Å²) < 4.78 is 13.4. The largest absolute Gasteiger partial charge is 0.486 e. The predicted octanol–water partition coefficient (Wildman–Crippen LogP) is 8.30. The first-order valence-corrected chi connectivity index (χ1v) is 13.6. The molecule has 40 heavy (non-hydrogen) atoms. The first kappa shape index (κ1) is 27.6. The highest BCUT2D eigenvalue weighted by Gasteiger charge is 2.22. The zero-order valence-electron chi connectivity index (χ0n) is 22.4. The quantitative estimate of drug-likeness (QED) is 0.192. The molecule has 1 amide bonds. The van der Waals surface area contributed by atoms with Crippen LogP contribution < -0.4 is 10.1 Å². The highest BCUT2D eigenvalue weighted by molar-refractivity contribution is 6.35. The van der Waals surface area contributed by atoms with Crippen molar-refractivity contribution >= 4 is 34.9 Å². The van der Waals surface area contributed by atoms with Crippen molar-refractivity contribution in [1.29, 1.82) is 0 Å². The minimum Gasteiger partial charge on any atom is -0.486 e. The number of amides is 1. The Bertz CT molecular complexity index is 1620. The van der Waals surface area contributed by atoms with Crippen LogP contribution in [0.5, 0.6) is 5.75 Å². The summed E-state index contributed by atoms with van der Waals surface area (Å²) in [4.78, 5) is 12.8. The van der Waals surface area contributed by atoms with Crippen molar-refractivity contribution in [3.63, 3.8) is 0 Å². The summed E-state index contributed by atoms with van der Waals surface area (Å²) in [5, 5.41) is 8.41. The van der Waals surface area contributed by atoms with E-state index in [9.17, 15) is 4.79 Å².